The van der Waals surface area contributed by atoms with Gasteiger partial charge >= 0.3 is 0 Å². The van der Waals surface area contributed by atoms with Crippen molar-refractivity contribution >= 4 is 45.9 Å². The molecule has 0 fully saturated rings. The highest BCUT2D eigenvalue weighted by atomic mass is 35.5. The van der Waals surface area contributed by atoms with Gasteiger partial charge in [-0.1, -0.05) is 41.0 Å². The normalized spacial score (nSPS) is 11.1. The number of aromatic nitrogens is 3. The molecule has 112 valence electrons. The number of nitrogens with zero attached hydrogens (tertiary/aromatic N) is 3. The monoisotopic (exact) mass is 351 g/mol. The van der Waals surface area contributed by atoms with E-state index >= 15 is 0 Å². The lowest BCUT2D eigenvalue weighted by Gasteiger charge is -2.12. The Morgan fingerprint density at radius 2 is 1.91 bits per heavy atom. The van der Waals surface area contributed by atoms with Crippen molar-refractivity contribution in [2.24, 2.45) is 0 Å². The summed E-state index contributed by atoms with van der Waals surface area (Å²) in [6.45, 7) is 1.89. The second kappa shape index (κ2) is 5.91. The Kier molecular flexibility index (Phi) is 4.12. The average molecular weight is 352 g/mol. The van der Waals surface area contributed by atoms with Crippen molar-refractivity contribution in [2.75, 3.05) is 6.26 Å². The lowest BCUT2D eigenvalue weighted by atomic mass is 10.2. The maximum absolute atomic E-state index is 12.7. The van der Waals surface area contributed by atoms with Crippen LogP contribution in [0.4, 0.5) is 0 Å². The lowest BCUT2D eigenvalue weighted by molar-refractivity contribution is 0.958. The number of hydrogen-bond donors (Lipinski definition) is 0. The number of rotatable bonds is 2. The zero-order valence-corrected chi connectivity index (χ0v) is 14.1. The number of aryl methyl sites for hydroxylation is 1. The molecule has 2 aromatic heterocycles. The van der Waals surface area contributed by atoms with Crippen LogP contribution in [0.3, 0.4) is 0 Å². The SMILES string of the molecule is CSc1ncc2c(=O)n(-c3c(Cl)cccc3Cl)cc(C)c2n1. The number of thioether (sulfide) groups is 1. The smallest absolute Gasteiger partial charge is 0.266 e. The van der Waals surface area contributed by atoms with Gasteiger partial charge in [0.25, 0.3) is 5.56 Å². The fraction of sp³-hybridized carbons (Fsp3) is 0.133. The minimum atomic E-state index is -0.247. The summed E-state index contributed by atoms with van der Waals surface area (Å²) < 4.78 is 1.45. The molecule has 22 heavy (non-hydrogen) atoms. The standard InChI is InChI=1S/C15H11Cl2N3OS/c1-8-7-20(13-10(16)4-3-5-11(13)17)14(21)9-6-18-15(22-2)19-12(8)9/h3-7H,1-2H3. The molecule has 1 aromatic carbocycles. The summed E-state index contributed by atoms with van der Waals surface area (Å²) in [5.41, 5.74) is 1.71. The molecule has 0 spiro atoms. The maximum atomic E-state index is 12.7. The third-order valence-electron chi connectivity index (χ3n) is 3.27. The van der Waals surface area contributed by atoms with Gasteiger partial charge in [-0.3, -0.25) is 9.36 Å². The van der Waals surface area contributed by atoms with Gasteiger partial charge < -0.3 is 0 Å². The van der Waals surface area contributed by atoms with Crippen molar-refractivity contribution in [3.8, 4) is 5.69 Å². The summed E-state index contributed by atoms with van der Waals surface area (Å²) >= 11 is 13.8. The van der Waals surface area contributed by atoms with Gasteiger partial charge in [0.2, 0.25) is 0 Å². The van der Waals surface area contributed by atoms with E-state index in [4.69, 9.17) is 23.2 Å². The third kappa shape index (κ3) is 2.49. The first kappa shape index (κ1) is 15.3. The molecule has 2 heterocycles. The Hall–Kier alpha value is -1.56. The molecule has 0 radical (unpaired) electrons. The first-order valence-electron chi connectivity index (χ1n) is 6.40. The summed E-state index contributed by atoms with van der Waals surface area (Å²) in [6, 6.07) is 5.13. The van der Waals surface area contributed by atoms with E-state index in [0.29, 0.717) is 31.8 Å². The molecule has 0 atom stereocenters. The quantitative estimate of drug-likeness (QED) is 0.514. The fourth-order valence-electron chi connectivity index (χ4n) is 2.25. The molecular weight excluding hydrogens is 341 g/mol. The van der Waals surface area contributed by atoms with Crippen molar-refractivity contribution in [1.82, 2.24) is 14.5 Å². The van der Waals surface area contributed by atoms with E-state index < -0.39 is 0 Å². The molecule has 3 rings (SSSR count). The molecule has 0 aliphatic heterocycles. The molecule has 0 N–H and O–H groups in total. The van der Waals surface area contributed by atoms with Gasteiger partial charge in [-0.15, -0.1) is 0 Å². The van der Waals surface area contributed by atoms with Crippen molar-refractivity contribution in [3.05, 3.63) is 56.6 Å². The molecule has 0 aliphatic rings. The van der Waals surface area contributed by atoms with Crippen LogP contribution in [-0.2, 0) is 0 Å². The van der Waals surface area contributed by atoms with Crippen LogP contribution in [0.5, 0.6) is 0 Å². The molecule has 0 unspecified atom stereocenters. The van der Waals surface area contributed by atoms with E-state index in [1.54, 1.807) is 30.6 Å². The second-order valence-electron chi connectivity index (χ2n) is 4.68. The van der Waals surface area contributed by atoms with Gasteiger partial charge in [-0.25, -0.2) is 9.97 Å². The first-order valence-corrected chi connectivity index (χ1v) is 8.38. The van der Waals surface area contributed by atoms with E-state index in [0.717, 1.165) is 5.56 Å². The van der Waals surface area contributed by atoms with Crippen molar-refractivity contribution in [2.45, 2.75) is 12.1 Å². The number of fused-ring (bicyclic) bond motifs is 1. The van der Waals surface area contributed by atoms with E-state index in [9.17, 15) is 4.79 Å². The Bertz CT molecular complexity index is 920. The molecule has 0 amide bonds. The highest BCUT2D eigenvalue weighted by molar-refractivity contribution is 7.98. The Balaban J connectivity index is 2.38. The lowest BCUT2D eigenvalue weighted by Crippen LogP contribution is -2.20. The van der Waals surface area contributed by atoms with Gasteiger partial charge in [0.1, 0.15) is 0 Å². The molecule has 3 aromatic rings. The molecule has 7 heteroatoms. The van der Waals surface area contributed by atoms with Crippen LogP contribution >= 0.6 is 35.0 Å². The summed E-state index contributed by atoms with van der Waals surface area (Å²) in [7, 11) is 0. The van der Waals surface area contributed by atoms with Gasteiger partial charge in [0, 0.05) is 12.4 Å². The maximum Gasteiger partial charge on any atom is 0.266 e. The molecule has 0 saturated heterocycles. The number of pyridine rings is 1. The number of hydrogen-bond acceptors (Lipinski definition) is 4. The van der Waals surface area contributed by atoms with Crippen LogP contribution in [0.2, 0.25) is 10.0 Å². The van der Waals surface area contributed by atoms with E-state index in [2.05, 4.69) is 9.97 Å². The fourth-order valence-corrected chi connectivity index (χ4v) is 3.17. The van der Waals surface area contributed by atoms with Gasteiger partial charge in [-0.2, -0.15) is 0 Å². The summed E-state index contributed by atoms with van der Waals surface area (Å²) in [4.78, 5) is 21.3. The molecule has 0 saturated carbocycles. The molecule has 0 bridgehead atoms. The van der Waals surface area contributed by atoms with Gasteiger partial charge in [0.05, 0.1) is 26.6 Å². The van der Waals surface area contributed by atoms with Gasteiger partial charge in [0.15, 0.2) is 5.16 Å². The topological polar surface area (TPSA) is 47.8 Å². The van der Waals surface area contributed by atoms with Crippen molar-refractivity contribution in [1.29, 1.82) is 0 Å². The van der Waals surface area contributed by atoms with Crippen LogP contribution in [0, 0.1) is 6.92 Å². The number of halogens is 2. The third-order valence-corrected chi connectivity index (χ3v) is 4.44. The minimum Gasteiger partial charge on any atom is -0.280 e. The Morgan fingerprint density at radius 3 is 2.55 bits per heavy atom. The van der Waals surface area contributed by atoms with Crippen LogP contribution < -0.4 is 5.56 Å². The highest BCUT2D eigenvalue weighted by Crippen LogP contribution is 2.28. The Morgan fingerprint density at radius 1 is 1.23 bits per heavy atom. The summed E-state index contributed by atoms with van der Waals surface area (Å²) in [6.07, 6.45) is 5.14. The van der Waals surface area contributed by atoms with Crippen LogP contribution in [0.15, 0.2) is 40.5 Å². The summed E-state index contributed by atoms with van der Waals surface area (Å²) in [5, 5.41) is 1.89. The van der Waals surface area contributed by atoms with E-state index in [1.807, 2.05) is 13.2 Å². The van der Waals surface area contributed by atoms with Crippen molar-refractivity contribution < 1.29 is 0 Å². The van der Waals surface area contributed by atoms with Crippen molar-refractivity contribution in [3.63, 3.8) is 0 Å². The van der Waals surface area contributed by atoms with Crippen LogP contribution in [0.25, 0.3) is 16.6 Å². The largest absolute Gasteiger partial charge is 0.280 e. The minimum absolute atomic E-state index is 0.247. The van der Waals surface area contributed by atoms with E-state index in [1.165, 1.54) is 16.3 Å². The number of para-hydroxylation sites is 1. The molecule has 0 aliphatic carbocycles. The highest BCUT2D eigenvalue weighted by Gasteiger charge is 2.14. The molecule has 4 nitrogen and oxygen atoms in total. The zero-order chi connectivity index (χ0) is 15.9. The first-order chi connectivity index (χ1) is 10.5. The molecular formula is C15H11Cl2N3OS. The number of benzene rings is 1. The Labute approximate surface area is 141 Å². The predicted molar refractivity (Wildman–Crippen MR) is 91.7 cm³/mol. The van der Waals surface area contributed by atoms with Crippen LogP contribution in [0.1, 0.15) is 5.56 Å². The van der Waals surface area contributed by atoms with Crippen LogP contribution in [-0.4, -0.2) is 20.8 Å². The zero-order valence-electron chi connectivity index (χ0n) is 11.8. The van der Waals surface area contributed by atoms with E-state index in [-0.39, 0.29) is 5.56 Å². The average Bonchev–Trinajstić information content (AvgIpc) is 2.51. The predicted octanol–water partition coefficient (Wildman–Crippen LogP) is 4.12. The summed E-state index contributed by atoms with van der Waals surface area (Å²) in [5.74, 6) is 0. The second-order valence-corrected chi connectivity index (χ2v) is 6.26. The van der Waals surface area contributed by atoms with Gasteiger partial charge in [-0.05, 0) is 30.9 Å².